The van der Waals surface area contributed by atoms with E-state index in [9.17, 15) is 4.79 Å². The van der Waals surface area contributed by atoms with Crippen LogP contribution < -0.4 is 10.6 Å². The van der Waals surface area contributed by atoms with Crippen molar-refractivity contribution in [1.82, 2.24) is 10.6 Å². The van der Waals surface area contributed by atoms with Crippen molar-refractivity contribution in [2.24, 2.45) is 11.8 Å². The van der Waals surface area contributed by atoms with Gasteiger partial charge in [0, 0.05) is 25.0 Å². The lowest BCUT2D eigenvalue weighted by Crippen LogP contribution is -2.36. The Balaban J connectivity index is 1.78. The molecule has 1 aliphatic rings. The van der Waals surface area contributed by atoms with E-state index in [1.165, 1.54) is 18.4 Å². The van der Waals surface area contributed by atoms with Gasteiger partial charge in [-0.1, -0.05) is 44.2 Å². The van der Waals surface area contributed by atoms with Crippen LogP contribution in [0.15, 0.2) is 30.3 Å². The highest BCUT2D eigenvalue weighted by Gasteiger charge is 2.31. The summed E-state index contributed by atoms with van der Waals surface area (Å²) in [6.45, 7) is 5.36. The topological polar surface area (TPSA) is 41.1 Å². The number of rotatable bonds is 7. The average Bonchev–Trinajstić information content (AvgIpc) is 3.23. The van der Waals surface area contributed by atoms with E-state index in [1.54, 1.807) is 0 Å². The Morgan fingerprint density at radius 3 is 2.47 bits per heavy atom. The maximum Gasteiger partial charge on any atom is 0.222 e. The summed E-state index contributed by atoms with van der Waals surface area (Å²) in [5.41, 5.74) is 1.36. The van der Waals surface area contributed by atoms with Crippen molar-refractivity contribution in [1.29, 1.82) is 0 Å². The first-order valence-electron chi connectivity index (χ1n) is 7.24. The Morgan fingerprint density at radius 1 is 1.21 bits per heavy atom. The molecule has 1 unspecified atom stereocenters. The third-order valence-corrected chi connectivity index (χ3v) is 3.56. The normalized spacial score (nSPS) is 16.4. The Morgan fingerprint density at radius 2 is 1.89 bits per heavy atom. The van der Waals surface area contributed by atoms with E-state index in [0.717, 1.165) is 12.5 Å². The van der Waals surface area contributed by atoms with Crippen LogP contribution in [0.3, 0.4) is 0 Å². The van der Waals surface area contributed by atoms with Gasteiger partial charge in [-0.15, -0.1) is 0 Å². The van der Waals surface area contributed by atoms with E-state index in [4.69, 9.17) is 0 Å². The van der Waals surface area contributed by atoms with Crippen LogP contribution in [0.2, 0.25) is 0 Å². The van der Waals surface area contributed by atoms with Gasteiger partial charge < -0.3 is 10.6 Å². The van der Waals surface area contributed by atoms with Crippen LogP contribution in [-0.2, 0) is 4.79 Å². The number of nitrogens with one attached hydrogen (secondary N) is 2. The molecule has 0 heterocycles. The molecule has 2 rings (SSSR count). The van der Waals surface area contributed by atoms with Gasteiger partial charge in [0.15, 0.2) is 0 Å². The fourth-order valence-electron chi connectivity index (χ4n) is 2.26. The Labute approximate surface area is 115 Å². The predicted octanol–water partition coefficient (Wildman–Crippen LogP) is 2.50. The van der Waals surface area contributed by atoms with Crippen LogP contribution in [0, 0.1) is 11.8 Å². The third kappa shape index (κ3) is 4.35. The van der Waals surface area contributed by atoms with Gasteiger partial charge in [-0.05, 0) is 24.3 Å². The van der Waals surface area contributed by atoms with Crippen molar-refractivity contribution >= 4 is 5.91 Å². The highest BCUT2D eigenvalue weighted by Crippen LogP contribution is 2.40. The molecule has 1 fully saturated rings. The molecule has 0 spiro atoms. The maximum absolute atomic E-state index is 11.5. The number of carbonyl (C=O) groups excluding carboxylic acids is 1. The smallest absolute Gasteiger partial charge is 0.222 e. The van der Waals surface area contributed by atoms with Crippen molar-refractivity contribution in [3.63, 3.8) is 0 Å². The number of hydrogen-bond donors (Lipinski definition) is 2. The number of carbonyl (C=O) groups is 1. The molecule has 3 heteroatoms. The average molecular weight is 260 g/mol. The molecule has 1 saturated carbocycles. The summed E-state index contributed by atoms with van der Waals surface area (Å²) >= 11 is 0. The molecule has 0 radical (unpaired) electrons. The van der Waals surface area contributed by atoms with Crippen LogP contribution in [0.25, 0.3) is 0 Å². The van der Waals surface area contributed by atoms with Gasteiger partial charge in [-0.2, -0.15) is 0 Å². The van der Waals surface area contributed by atoms with Crippen LogP contribution in [0.5, 0.6) is 0 Å². The number of benzene rings is 1. The molecule has 1 aliphatic carbocycles. The molecule has 104 valence electrons. The maximum atomic E-state index is 11.5. The van der Waals surface area contributed by atoms with Gasteiger partial charge in [0.2, 0.25) is 5.91 Å². The van der Waals surface area contributed by atoms with Gasteiger partial charge in [0.1, 0.15) is 0 Å². The van der Waals surface area contributed by atoms with E-state index >= 15 is 0 Å². The Bertz CT molecular complexity index is 398. The van der Waals surface area contributed by atoms with Crippen LogP contribution >= 0.6 is 0 Å². The van der Waals surface area contributed by atoms with Crippen LogP contribution in [0.1, 0.15) is 38.3 Å². The van der Waals surface area contributed by atoms with Gasteiger partial charge in [0.05, 0.1) is 0 Å². The summed E-state index contributed by atoms with van der Waals surface area (Å²) in [7, 11) is 0. The van der Waals surface area contributed by atoms with E-state index < -0.39 is 0 Å². The standard InChI is InChI=1S/C16H24N2O/c1-12(2)16(19)18-11-10-17-15(14-8-9-14)13-6-4-3-5-7-13/h3-7,12,14-15,17H,8-11H2,1-2H3,(H,18,19). The van der Waals surface area contributed by atoms with Crippen molar-refractivity contribution < 1.29 is 4.79 Å². The second kappa shape index (κ2) is 6.71. The molecule has 3 nitrogen and oxygen atoms in total. The molecular formula is C16H24N2O. The minimum absolute atomic E-state index is 0.0633. The number of amides is 1. The molecule has 0 saturated heterocycles. The van der Waals surface area contributed by atoms with E-state index in [2.05, 4.69) is 41.0 Å². The molecule has 19 heavy (non-hydrogen) atoms. The highest BCUT2D eigenvalue weighted by atomic mass is 16.1. The Hall–Kier alpha value is -1.35. The summed E-state index contributed by atoms with van der Waals surface area (Å²) in [6, 6.07) is 11.0. The van der Waals surface area contributed by atoms with Crippen molar-refractivity contribution in [3.8, 4) is 0 Å². The summed E-state index contributed by atoms with van der Waals surface area (Å²) in [6.07, 6.45) is 2.62. The summed E-state index contributed by atoms with van der Waals surface area (Å²) in [5.74, 6) is 0.959. The lowest BCUT2D eigenvalue weighted by Gasteiger charge is -2.19. The molecule has 0 aromatic heterocycles. The summed E-state index contributed by atoms with van der Waals surface area (Å²) in [5, 5.41) is 6.52. The molecule has 1 aromatic carbocycles. The molecule has 1 aromatic rings. The van der Waals surface area contributed by atoms with E-state index in [-0.39, 0.29) is 11.8 Å². The van der Waals surface area contributed by atoms with Crippen LogP contribution in [0.4, 0.5) is 0 Å². The zero-order chi connectivity index (χ0) is 13.7. The first kappa shape index (κ1) is 14.1. The monoisotopic (exact) mass is 260 g/mol. The molecule has 0 aliphatic heterocycles. The first-order chi connectivity index (χ1) is 9.18. The van der Waals surface area contributed by atoms with Gasteiger partial charge >= 0.3 is 0 Å². The van der Waals surface area contributed by atoms with Crippen molar-refractivity contribution in [2.75, 3.05) is 13.1 Å². The SMILES string of the molecule is CC(C)C(=O)NCCNC(c1ccccc1)C1CC1. The fraction of sp³-hybridized carbons (Fsp3) is 0.562. The van der Waals surface area contributed by atoms with Crippen LogP contribution in [-0.4, -0.2) is 19.0 Å². The minimum Gasteiger partial charge on any atom is -0.355 e. The zero-order valence-electron chi connectivity index (χ0n) is 11.9. The molecule has 1 amide bonds. The molecule has 1 atom stereocenters. The summed E-state index contributed by atoms with van der Waals surface area (Å²) in [4.78, 5) is 11.5. The van der Waals surface area contributed by atoms with E-state index in [1.807, 2.05) is 13.8 Å². The van der Waals surface area contributed by atoms with E-state index in [0.29, 0.717) is 12.6 Å². The minimum atomic E-state index is 0.0633. The predicted molar refractivity (Wildman–Crippen MR) is 77.8 cm³/mol. The Kier molecular flexibility index (Phi) is 4.97. The first-order valence-corrected chi connectivity index (χ1v) is 7.24. The lowest BCUT2D eigenvalue weighted by atomic mass is 10.0. The number of hydrogen-bond acceptors (Lipinski definition) is 2. The molecule has 0 bridgehead atoms. The zero-order valence-corrected chi connectivity index (χ0v) is 11.9. The second-order valence-corrected chi connectivity index (χ2v) is 5.63. The van der Waals surface area contributed by atoms with Gasteiger partial charge in [-0.25, -0.2) is 0 Å². The second-order valence-electron chi connectivity index (χ2n) is 5.63. The largest absolute Gasteiger partial charge is 0.355 e. The highest BCUT2D eigenvalue weighted by molar-refractivity contribution is 5.77. The molecular weight excluding hydrogens is 236 g/mol. The molecule has 2 N–H and O–H groups in total. The fourth-order valence-corrected chi connectivity index (χ4v) is 2.26. The lowest BCUT2D eigenvalue weighted by molar-refractivity contribution is -0.123. The van der Waals surface area contributed by atoms with Crippen molar-refractivity contribution in [2.45, 2.75) is 32.7 Å². The van der Waals surface area contributed by atoms with Gasteiger partial charge in [-0.3, -0.25) is 4.79 Å². The van der Waals surface area contributed by atoms with Gasteiger partial charge in [0.25, 0.3) is 0 Å². The summed E-state index contributed by atoms with van der Waals surface area (Å²) < 4.78 is 0. The van der Waals surface area contributed by atoms with Crippen molar-refractivity contribution in [3.05, 3.63) is 35.9 Å². The third-order valence-electron chi connectivity index (χ3n) is 3.56. The quantitative estimate of drug-likeness (QED) is 0.740.